The molecule has 0 saturated carbocycles. The summed E-state index contributed by atoms with van der Waals surface area (Å²) >= 11 is 0. The number of hydrogen-bond donors (Lipinski definition) is 2. The molecule has 0 fully saturated rings. The molecule has 20 heavy (non-hydrogen) atoms. The van der Waals surface area contributed by atoms with Crippen LogP contribution in [0.4, 0.5) is 5.82 Å². The van der Waals surface area contributed by atoms with Crippen molar-refractivity contribution >= 4 is 5.82 Å². The van der Waals surface area contributed by atoms with Crippen LogP contribution in [0, 0.1) is 11.8 Å². The SMILES string of the molecule is CC(C)Cn1ccnc(NCC(C)(O)CC(C)C)c1=O. The number of aromatic nitrogens is 2. The first-order chi connectivity index (χ1) is 9.21. The Morgan fingerprint density at radius 3 is 2.55 bits per heavy atom. The summed E-state index contributed by atoms with van der Waals surface area (Å²) in [5, 5.41) is 13.2. The predicted molar refractivity (Wildman–Crippen MR) is 81.9 cm³/mol. The molecule has 0 spiro atoms. The van der Waals surface area contributed by atoms with E-state index in [1.165, 1.54) is 0 Å². The second kappa shape index (κ2) is 6.88. The van der Waals surface area contributed by atoms with Gasteiger partial charge in [0, 0.05) is 25.5 Å². The molecule has 0 bridgehead atoms. The molecule has 1 heterocycles. The molecule has 2 N–H and O–H groups in total. The highest BCUT2D eigenvalue weighted by atomic mass is 16.3. The van der Waals surface area contributed by atoms with Gasteiger partial charge in [0.2, 0.25) is 0 Å². The van der Waals surface area contributed by atoms with Crippen LogP contribution in [-0.2, 0) is 6.54 Å². The molecule has 1 aromatic heterocycles. The maximum absolute atomic E-state index is 12.2. The summed E-state index contributed by atoms with van der Waals surface area (Å²) in [6, 6.07) is 0. The van der Waals surface area contributed by atoms with E-state index >= 15 is 0 Å². The molecule has 0 saturated heterocycles. The minimum absolute atomic E-state index is 0.137. The van der Waals surface area contributed by atoms with Gasteiger partial charge in [0.25, 0.3) is 5.56 Å². The monoisotopic (exact) mass is 281 g/mol. The van der Waals surface area contributed by atoms with Gasteiger partial charge in [0.15, 0.2) is 5.82 Å². The summed E-state index contributed by atoms with van der Waals surface area (Å²) in [6.45, 7) is 11.0. The van der Waals surface area contributed by atoms with Crippen LogP contribution in [0.1, 0.15) is 41.0 Å². The minimum Gasteiger partial charge on any atom is -0.388 e. The van der Waals surface area contributed by atoms with E-state index < -0.39 is 5.60 Å². The van der Waals surface area contributed by atoms with Crippen LogP contribution in [0.15, 0.2) is 17.2 Å². The molecule has 1 rings (SSSR count). The Kier molecular flexibility index (Phi) is 5.74. The van der Waals surface area contributed by atoms with E-state index in [-0.39, 0.29) is 5.56 Å². The maximum Gasteiger partial charge on any atom is 0.293 e. The Morgan fingerprint density at radius 1 is 1.35 bits per heavy atom. The molecular formula is C15H27N3O2. The highest BCUT2D eigenvalue weighted by Gasteiger charge is 2.22. The van der Waals surface area contributed by atoms with Crippen LogP contribution in [0.5, 0.6) is 0 Å². The van der Waals surface area contributed by atoms with Gasteiger partial charge in [-0.2, -0.15) is 0 Å². The third-order valence-electron chi connectivity index (χ3n) is 2.96. The maximum atomic E-state index is 12.2. The number of hydrogen-bond acceptors (Lipinski definition) is 4. The largest absolute Gasteiger partial charge is 0.388 e. The fourth-order valence-corrected chi connectivity index (χ4v) is 2.33. The van der Waals surface area contributed by atoms with E-state index in [4.69, 9.17) is 0 Å². The van der Waals surface area contributed by atoms with E-state index in [1.807, 2.05) is 0 Å². The Morgan fingerprint density at radius 2 is 2.00 bits per heavy atom. The third-order valence-corrected chi connectivity index (χ3v) is 2.96. The van der Waals surface area contributed by atoms with Crippen molar-refractivity contribution in [1.29, 1.82) is 0 Å². The topological polar surface area (TPSA) is 67.2 Å². The Hall–Kier alpha value is -1.36. The molecule has 1 aromatic rings. The summed E-state index contributed by atoms with van der Waals surface area (Å²) in [6.07, 6.45) is 3.98. The van der Waals surface area contributed by atoms with E-state index in [0.29, 0.717) is 37.2 Å². The molecule has 0 amide bonds. The second-order valence-corrected chi connectivity index (χ2v) is 6.58. The summed E-state index contributed by atoms with van der Waals surface area (Å²) < 4.78 is 1.65. The molecule has 0 radical (unpaired) electrons. The van der Waals surface area contributed by atoms with Gasteiger partial charge in [0.1, 0.15) is 0 Å². The number of anilines is 1. The first-order valence-electron chi connectivity index (χ1n) is 7.23. The van der Waals surface area contributed by atoms with E-state index in [9.17, 15) is 9.90 Å². The van der Waals surface area contributed by atoms with Gasteiger partial charge in [-0.3, -0.25) is 4.79 Å². The lowest BCUT2D eigenvalue weighted by atomic mass is 9.94. The van der Waals surface area contributed by atoms with Crippen molar-refractivity contribution in [1.82, 2.24) is 9.55 Å². The van der Waals surface area contributed by atoms with Gasteiger partial charge in [0.05, 0.1) is 5.60 Å². The Labute approximate surface area is 121 Å². The van der Waals surface area contributed by atoms with Crippen molar-refractivity contribution in [3.05, 3.63) is 22.7 Å². The first kappa shape index (κ1) is 16.7. The van der Waals surface area contributed by atoms with Crippen molar-refractivity contribution in [2.75, 3.05) is 11.9 Å². The van der Waals surface area contributed by atoms with E-state index in [1.54, 1.807) is 23.9 Å². The van der Waals surface area contributed by atoms with Crippen LogP contribution >= 0.6 is 0 Å². The standard InChI is InChI=1S/C15H27N3O2/c1-11(2)8-15(5,20)10-17-13-14(19)18(7-6-16-13)9-12(3)4/h6-7,11-12,20H,8-10H2,1-5H3,(H,16,17). The quantitative estimate of drug-likeness (QED) is 0.803. The lowest BCUT2D eigenvalue weighted by Crippen LogP contribution is -2.37. The zero-order valence-electron chi connectivity index (χ0n) is 13.2. The number of nitrogens with one attached hydrogen (secondary N) is 1. The molecule has 0 aromatic carbocycles. The van der Waals surface area contributed by atoms with Crippen LogP contribution < -0.4 is 10.9 Å². The van der Waals surface area contributed by atoms with Crippen LogP contribution in [0.3, 0.4) is 0 Å². The average Bonchev–Trinajstić information content (AvgIpc) is 2.28. The van der Waals surface area contributed by atoms with Gasteiger partial charge >= 0.3 is 0 Å². The molecule has 0 aliphatic heterocycles. The molecule has 1 unspecified atom stereocenters. The van der Waals surface area contributed by atoms with Gasteiger partial charge < -0.3 is 15.0 Å². The second-order valence-electron chi connectivity index (χ2n) is 6.58. The van der Waals surface area contributed by atoms with E-state index in [0.717, 1.165) is 0 Å². The van der Waals surface area contributed by atoms with Crippen LogP contribution in [0.25, 0.3) is 0 Å². The molecule has 0 aliphatic rings. The number of rotatable bonds is 7. The van der Waals surface area contributed by atoms with Crippen molar-refractivity contribution in [2.24, 2.45) is 11.8 Å². The van der Waals surface area contributed by atoms with Crippen LogP contribution in [-0.4, -0.2) is 26.8 Å². The molecule has 5 nitrogen and oxygen atoms in total. The predicted octanol–water partition coefficient (Wildman–Crippen LogP) is 2.11. The zero-order valence-corrected chi connectivity index (χ0v) is 13.2. The van der Waals surface area contributed by atoms with Crippen molar-refractivity contribution in [3.63, 3.8) is 0 Å². The van der Waals surface area contributed by atoms with Crippen molar-refractivity contribution in [2.45, 2.75) is 53.2 Å². The highest BCUT2D eigenvalue weighted by Crippen LogP contribution is 2.16. The minimum atomic E-state index is -0.846. The smallest absolute Gasteiger partial charge is 0.293 e. The highest BCUT2D eigenvalue weighted by molar-refractivity contribution is 5.31. The molecule has 1 atom stereocenters. The van der Waals surface area contributed by atoms with Gasteiger partial charge in [-0.25, -0.2) is 4.98 Å². The number of nitrogens with zero attached hydrogens (tertiary/aromatic N) is 2. The summed E-state index contributed by atoms with van der Waals surface area (Å²) in [4.78, 5) is 16.3. The molecule has 5 heteroatoms. The lowest BCUT2D eigenvalue weighted by molar-refractivity contribution is 0.0514. The molecule has 114 valence electrons. The summed E-state index contributed by atoms with van der Waals surface area (Å²) in [5.41, 5.74) is -0.984. The van der Waals surface area contributed by atoms with E-state index in [2.05, 4.69) is 38.0 Å². The van der Waals surface area contributed by atoms with Crippen LogP contribution in [0.2, 0.25) is 0 Å². The Bertz CT molecular complexity index is 478. The lowest BCUT2D eigenvalue weighted by Gasteiger charge is -2.25. The fraction of sp³-hybridized carbons (Fsp3) is 0.733. The Balaban J connectivity index is 2.76. The first-order valence-corrected chi connectivity index (χ1v) is 7.23. The van der Waals surface area contributed by atoms with Gasteiger partial charge in [-0.1, -0.05) is 27.7 Å². The number of aliphatic hydroxyl groups is 1. The molecular weight excluding hydrogens is 254 g/mol. The average molecular weight is 281 g/mol. The van der Waals surface area contributed by atoms with Crippen molar-refractivity contribution in [3.8, 4) is 0 Å². The summed E-state index contributed by atoms with van der Waals surface area (Å²) in [7, 11) is 0. The fourth-order valence-electron chi connectivity index (χ4n) is 2.33. The molecule has 0 aliphatic carbocycles. The zero-order chi connectivity index (χ0) is 15.3. The van der Waals surface area contributed by atoms with Gasteiger partial charge in [-0.05, 0) is 25.2 Å². The van der Waals surface area contributed by atoms with Crippen molar-refractivity contribution < 1.29 is 5.11 Å². The van der Waals surface area contributed by atoms with Gasteiger partial charge in [-0.15, -0.1) is 0 Å². The third kappa shape index (κ3) is 5.33. The normalized spacial score (nSPS) is 14.6. The summed E-state index contributed by atoms with van der Waals surface area (Å²) in [5.74, 6) is 1.09.